The zero-order chi connectivity index (χ0) is 27.1. The summed E-state index contributed by atoms with van der Waals surface area (Å²) in [6.07, 6.45) is 0. The van der Waals surface area contributed by atoms with E-state index >= 15 is 0 Å². The fraction of sp³-hybridized carbons (Fsp3) is 0. The zero-order valence-corrected chi connectivity index (χ0v) is 22.1. The van der Waals surface area contributed by atoms with Crippen molar-refractivity contribution in [1.82, 2.24) is 4.40 Å². The number of rotatable bonds is 2. The minimum absolute atomic E-state index is 0.679. The molecule has 9 aromatic rings. The highest BCUT2D eigenvalue weighted by atomic mass is 14.9. The fourth-order valence-corrected chi connectivity index (χ4v) is 6.70. The van der Waals surface area contributed by atoms with Gasteiger partial charge < -0.3 is 4.40 Å². The molecule has 0 aliphatic carbocycles. The first kappa shape index (κ1) is 22.2. The SMILES string of the molecule is [C-]#[N+]c1cc2c3cc4ccc(-c5ccccc5)cc4cc3n3c4cc5cc(-c6ccccc6)ccc5cc4c(c1)c23. The van der Waals surface area contributed by atoms with Crippen LogP contribution in [0.1, 0.15) is 0 Å². The third-order valence-corrected chi connectivity index (χ3v) is 8.63. The number of hydrogen-bond acceptors (Lipinski definition) is 0. The van der Waals surface area contributed by atoms with E-state index in [9.17, 15) is 0 Å². The lowest BCUT2D eigenvalue weighted by atomic mass is 9.98. The van der Waals surface area contributed by atoms with Crippen molar-refractivity contribution >= 4 is 65.3 Å². The molecule has 41 heavy (non-hydrogen) atoms. The van der Waals surface area contributed by atoms with Crippen LogP contribution in [-0.4, -0.2) is 4.40 Å². The highest BCUT2D eigenvalue weighted by molar-refractivity contribution is 6.27. The molecule has 0 saturated heterocycles. The number of nitrogens with zero attached hydrogens (tertiary/aromatic N) is 2. The van der Waals surface area contributed by atoms with Crippen molar-refractivity contribution in [3.63, 3.8) is 0 Å². The second kappa shape index (κ2) is 8.18. The normalized spacial score (nSPS) is 11.9. The van der Waals surface area contributed by atoms with Gasteiger partial charge >= 0.3 is 0 Å². The quantitative estimate of drug-likeness (QED) is 0.201. The van der Waals surface area contributed by atoms with E-state index in [1.165, 1.54) is 71.1 Å². The molecular formula is C39H22N2. The lowest BCUT2D eigenvalue weighted by molar-refractivity contribution is 1.38. The van der Waals surface area contributed by atoms with E-state index in [-0.39, 0.29) is 0 Å². The van der Waals surface area contributed by atoms with Crippen LogP contribution in [0.25, 0.3) is 86.7 Å². The van der Waals surface area contributed by atoms with Crippen LogP contribution in [0, 0.1) is 6.57 Å². The van der Waals surface area contributed by atoms with Gasteiger partial charge in [0.05, 0.1) is 23.1 Å². The number of aromatic nitrogens is 1. The van der Waals surface area contributed by atoms with Gasteiger partial charge in [0.25, 0.3) is 0 Å². The maximum atomic E-state index is 7.84. The summed E-state index contributed by atoms with van der Waals surface area (Å²) in [7, 11) is 0. The van der Waals surface area contributed by atoms with Gasteiger partial charge in [-0.1, -0.05) is 84.9 Å². The Morgan fingerprint density at radius 1 is 0.415 bits per heavy atom. The Bertz CT molecular complexity index is 2350. The highest BCUT2D eigenvalue weighted by Gasteiger charge is 2.20. The molecule has 0 N–H and O–H groups in total. The average Bonchev–Trinajstić information content (AvgIpc) is 3.53. The maximum Gasteiger partial charge on any atom is 0.188 e. The molecule has 0 amide bonds. The summed E-state index contributed by atoms with van der Waals surface area (Å²) in [4.78, 5) is 3.87. The van der Waals surface area contributed by atoms with Gasteiger partial charge in [0.2, 0.25) is 0 Å². The van der Waals surface area contributed by atoms with Crippen molar-refractivity contribution in [3.8, 4) is 22.3 Å². The lowest BCUT2D eigenvalue weighted by Gasteiger charge is -2.07. The summed E-state index contributed by atoms with van der Waals surface area (Å²) in [6, 6.07) is 47.9. The third-order valence-electron chi connectivity index (χ3n) is 8.63. The molecular weight excluding hydrogens is 496 g/mol. The molecule has 0 saturated carbocycles. The lowest BCUT2D eigenvalue weighted by Crippen LogP contribution is -1.84. The largest absolute Gasteiger partial charge is 0.308 e. The van der Waals surface area contributed by atoms with Crippen molar-refractivity contribution in [2.45, 2.75) is 0 Å². The molecule has 7 aromatic carbocycles. The van der Waals surface area contributed by atoms with Crippen molar-refractivity contribution in [2.75, 3.05) is 0 Å². The van der Waals surface area contributed by atoms with E-state index in [4.69, 9.17) is 6.57 Å². The third kappa shape index (κ3) is 3.18. The molecule has 2 nitrogen and oxygen atoms in total. The minimum atomic E-state index is 0.679. The highest BCUT2D eigenvalue weighted by Crippen LogP contribution is 2.44. The van der Waals surface area contributed by atoms with Gasteiger partial charge in [-0.3, -0.25) is 0 Å². The molecule has 188 valence electrons. The van der Waals surface area contributed by atoms with Gasteiger partial charge in [-0.15, -0.1) is 0 Å². The van der Waals surface area contributed by atoms with Crippen LogP contribution in [0.3, 0.4) is 0 Å². The van der Waals surface area contributed by atoms with Gasteiger partial charge in [0, 0.05) is 10.8 Å². The van der Waals surface area contributed by atoms with E-state index in [0.29, 0.717) is 5.69 Å². The summed E-state index contributed by atoms with van der Waals surface area (Å²) < 4.78 is 2.42. The van der Waals surface area contributed by atoms with E-state index in [1.807, 2.05) is 0 Å². The van der Waals surface area contributed by atoms with Crippen molar-refractivity contribution in [3.05, 3.63) is 145 Å². The van der Waals surface area contributed by atoms with Crippen LogP contribution in [-0.2, 0) is 0 Å². The Labute approximate surface area is 236 Å². The summed E-state index contributed by atoms with van der Waals surface area (Å²) in [6.45, 7) is 7.84. The van der Waals surface area contributed by atoms with E-state index < -0.39 is 0 Å². The van der Waals surface area contributed by atoms with Gasteiger partial charge in [-0.2, -0.15) is 0 Å². The molecule has 9 rings (SSSR count). The first-order valence-corrected chi connectivity index (χ1v) is 13.9. The topological polar surface area (TPSA) is 8.77 Å². The molecule has 0 fully saturated rings. The Balaban J connectivity index is 1.39. The van der Waals surface area contributed by atoms with Gasteiger partial charge in [0.1, 0.15) is 0 Å². The summed E-state index contributed by atoms with van der Waals surface area (Å²) in [5, 5.41) is 9.50. The summed E-state index contributed by atoms with van der Waals surface area (Å²) in [5.74, 6) is 0. The Kier molecular flexibility index (Phi) is 4.43. The van der Waals surface area contributed by atoms with E-state index in [0.717, 1.165) is 10.8 Å². The van der Waals surface area contributed by atoms with Gasteiger partial charge in [-0.25, -0.2) is 4.85 Å². The van der Waals surface area contributed by atoms with Crippen LogP contribution >= 0.6 is 0 Å². The van der Waals surface area contributed by atoms with Crippen molar-refractivity contribution < 1.29 is 0 Å². The molecule has 0 bridgehead atoms. The molecule has 0 spiro atoms. The molecule has 2 aromatic heterocycles. The second-order valence-electron chi connectivity index (χ2n) is 10.9. The molecule has 0 unspecified atom stereocenters. The fourth-order valence-electron chi connectivity index (χ4n) is 6.70. The first-order chi connectivity index (χ1) is 20.2. The van der Waals surface area contributed by atoms with Crippen LogP contribution in [0.5, 0.6) is 0 Å². The number of benzene rings is 7. The molecule has 0 atom stereocenters. The maximum absolute atomic E-state index is 7.84. The molecule has 0 aliphatic rings. The monoisotopic (exact) mass is 518 g/mol. The smallest absolute Gasteiger partial charge is 0.188 e. The minimum Gasteiger partial charge on any atom is -0.308 e. The average molecular weight is 519 g/mol. The van der Waals surface area contributed by atoms with Crippen LogP contribution in [0.4, 0.5) is 5.69 Å². The molecule has 0 radical (unpaired) electrons. The number of fused-ring (bicyclic) bond motifs is 8. The standard InChI is InChI=1S/C39H22N2/c1-40-32-22-35-33-18-28-14-12-26(24-8-4-2-5-9-24)16-30(28)20-37(33)41-38-21-31-17-27(25-10-6-3-7-11-25)13-15-29(31)19-34(38)36(23-32)39(35)41/h2-23H. The Morgan fingerprint density at radius 3 is 1.37 bits per heavy atom. The summed E-state index contributed by atoms with van der Waals surface area (Å²) in [5.41, 5.74) is 9.09. The molecule has 0 aliphatic heterocycles. The van der Waals surface area contributed by atoms with Crippen molar-refractivity contribution in [2.24, 2.45) is 0 Å². The molecule has 2 heterocycles. The van der Waals surface area contributed by atoms with E-state index in [1.54, 1.807) is 0 Å². The molecule has 2 heteroatoms. The Morgan fingerprint density at radius 2 is 0.902 bits per heavy atom. The zero-order valence-electron chi connectivity index (χ0n) is 22.1. The summed E-state index contributed by atoms with van der Waals surface area (Å²) >= 11 is 0. The van der Waals surface area contributed by atoms with Gasteiger partial charge in [0.15, 0.2) is 5.69 Å². The van der Waals surface area contributed by atoms with Crippen LogP contribution in [0.2, 0.25) is 0 Å². The second-order valence-corrected chi connectivity index (χ2v) is 10.9. The number of hydrogen-bond donors (Lipinski definition) is 0. The van der Waals surface area contributed by atoms with Crippen LogP contribution < -0.4 is 0 Å². The van der Waals surface area contributed by atoms with E-state index in [2.05, 4.69) is 143 Å². The first-order valence-electron chi connectivity index (χ1n) is 13.9. The van der Waals surface area contributed by atoms with Gasteiger partial charge in [-0.05, 0) is 103 Å². The Hall–Kier alpha value is -5.65. The van der Waals surface area contributed by atoms with Crippen LogP contribution in [0.15, 0.2) is 133 Å². The predicted molar refractivity (Wildman–Crippen MR) is 173 cm³/mol. The van der Waals surface area contributed by atoms with Crippen molar-refractivity contribution in [1.29, 1.82) is 0 Å². The predicted octanol–water partition coefficient (Wildman–Crippen LogP) is 11.0.